The number of hydrogen-bond donors (Lipinski definition) is 0. The molecule has 2 heteroatoms. The molecule has 9 heavy (non-hydrogen) atoms. The number of halogens is 1. The molecule has 1 aromatic heterocycles. The highest BCUT2D eigenvalue weighted by molar-refractivity contribution is 6.23. The minimum Gasteiger partial charge on any atom is -0.472 e. The van der Waals surface area contributed by atoms with Gasteiger partial charge in [0, 0.05) is 11.4 Å². The molecule has 0 saturated carbocycles. The lowest BCUT2D eigenvalue weighted by molar-refractivity contribution is 0.566. The molecule has 0 atom stereocenters. The fourth-order valence-electron chi connectivity index (χ4n) is 0.543. The van der Waals surface area contributed by atoms with Gasteiger partial charge in [-0.05, 0) is 11.6 Å². The van der Waals surface area contributed by atoms with Crippen molar-refractivity contribution >= 4 is 17.2 Å². The Kier molecular flexibility index (Phi) is 1.96. The molecule has 0 aliphatic heterocycles. The van der Waals surface area contributed by atoms with E-state index in [0.717, 1.165) is 11.1 Å². The summed E-state index contributed by atoms with van der Waals surface area (Å²) < 4.78 is 4.82. The van der Waals surface area contributed by atoms with Crippen molar-refractivity contribution in [1.82, 2.24) is 0 Å². The van der Waals surface area contributed by atoms with E-state index in [-0.39, 0.29) is 0 Å². The molecular weight excluding hydrogens is 136 g/mol. The maximum Gasteiger partial charge on any atom is 0.0977 e. The minimum absolute atomic E-state index is 0.458. The molecule has 0 spiro atoms. The van der Waals surface area contributed by atoms with E-state index in [9.17, 15) is 0 Å². The number of hydrogen-bond acceptors (Lipinski definition) is 1. The molecule has 1 aromatic rings. The zero-order valence-electron chi connectivity index (χ0n) is 4.93. The normalized spacial score (nSPS) is 9.44. The van der Waals surface area contributed by atoms with Crippen LogP contribution in [0.4, 0.5) is 0 Å². The van der Waals surface area contributed by atoms with Crippen LogP contribution in [0, 0.1) is 0 Å². The van der Waals surface area contributed by atoms with Crippen LogP contribution >= 0.6 is 11.6 Å². The maximum absolute atomic E-state index is 5.50. The summed E-state index contributed by atoms with van der Waals surface area (Å²) >= 11 is 5.50. The summed E-state index contributed by atoms with van der Waals surface area (Å²) in [7, 11) is 0. The van der Waals surface area contributed by atoms with E-state index < -0.39 is 0 Å². The third-order valence-electron chi connectivity index (χ3n) is 1.09. The summed E-state index contributed by atoms with van der Waals surface area (Å²) in [6.07, 6.45) is 3.23. The number of alkyl halides is 1. The van der Waals surface area contributed by atoms with Gasteiger partial charge in [-0.1, -0.05) is 6.58 Å². The summed E-state index contributed by atoms with van der Waals surface area (Å²) in [6.45, 7) is 3.72. The largest absolute Gasteiger partial charge is 0.472 e. The van der Waals surface area contributed by atoms with E-state index in [1.165, 1.54) is 0 Å². The lowest BCUT2D eigenvalue weighted by atomic mass is 10.2. The average Bonchev–Trinajstić information content (AvgIpc) is 2.37. The van der Waals surface area contributed by atoms with E-state index in [1.54, 1.807) is 12.5 Å². The summed E-state index contributed by atoms with van der Waals surface area (Å²) in [5, 5.41) is 0. The average molecular weight is 143 g/mol. The molecule has 48 valence electrons. The number of furan rings is 1. The van der Waals surface area contributed by atoms with Gasteiger partial charge in [0.25, 0.3) is 0 Å². The number of allylic oxidation sites excluding steroid dienone is 1. The monoisotopic (exact) mass is 142 g/mol. The fourth-order valence-corrected chi connectivity index (χ4v) is 0.697. The Morgan fingerprint density at radius 1 is 1.78 bits per heavy atom. The molecule has 1 rings (SSSR count). The molecule has 0 aliphatic rings. The van der Waals surface area contributed by atoms with Crippen LogP contribution in [0.25, 0.3) is 5.57 Å². The van der Waals surface area contributed by atoms with Crippen LogP contribution in [0.1, 0.15) is 5.56 Å². The van der Waals surface area contributed by atoms with Gasteiger partial charge in [-0.2, -0.15) is 0 Å². The van der Waals surface area contributed by atoms with Crippen LogP contribution < -0.4 is 0 Å². The quantitative estimate of drug-likeness (QED) is 0.579. The van der Waals surface area contributed by atoms with Crippen molar-refractivity contribution < 1.29 is 4.42 Å². The Hall–Kier alpha value is -0.690. The Morgan fingerprint density at radius 3 is 3.00 bits per heavy atom. The van der Waals surface area contributed by atoms with E-state index >= 15 is 0 Å². The van der Waals surface area contributed by atoms with Crippen LogP contribution in [0.15, 0.2) is 29.6 Å². The van der Waals surface area contributed by atoms with Gasteiger partial charge in [0.2, 0.25) is 0 Å². The maximum atomic E-state index is 5.50. The standard InChI is InChI=1S/C7H7ClO/c1-6(4-8)7-2-3-9-5-7/h2-3,5H,1,4H2. The van der Waals surface area contributed by atoms with Gasteiger partial charge < -0.3 is 4.42 Å². The number of rotatable bonds is 2. The first-order chi connectivity index (χ1) is 4.34. The summed E-state index contributed by atoms with van der Waals surface area (Å²) in [6, 6.07) is 1.84. The SMILES string of the molecule is C=C(CCl)c1ccoc1. The highest BCUT2D eigenvalue weighted by Crippen LogP contribution is 2.12. The van der Waals surface area contributed by atoms with Gasteiger partial charge in [-0.15, -0.1) is 11.6 Å². The molecule has 0 radical (unpaired) electrons. The first-order valence-electron chi connectivity index (χ1n) is 2.61. The van der Waals surface area contributed by atoms with E-state index in [0.29, 0.717) is 5.88 Å². The molecular formula is C7H7ClO. The Labute approximate surface area is 58.9 Å². The topological polar surface area (TPSA) is 13.1 Å². The second kappa shape index (κ2) is 2.74. The van der Waals surface area contributed by atoms with Crippen molar-refractivity contribution in [2.24, 2.45) is 0 Å². The van der Waals surface area contributed by atoms with Gasteiger partial charge in [0.05, 0.1) is 12.5 Å². The Morgan fingerprint density at radius 2 is 2.56 bits per heavy atom. The van der Waals surface area contributed by atoms with Crippen LogP contribution in [0.3, 0.4) is 0 Å². The zero-order chi connectivity index (χ0) is 6.69. The first kappa shape index (κ1) is 6.43. The molecule has 1 heterocycles. The van der Waals surface area contributed by atoms with Crippen molar-refractivity contribution in [3.05, 3.63) is 30.7 Å². The summed E-state index contributed by atoms with van der Waals surface area (Å²) in [5.41, 5.74) is 1.87. The molecule has 0 amide bonds. The van der Waals surface area contributed by atoms with Gasteiger partial charge in [-0.25, -0.2) is 0 Å². The Bertz CT molecular complexity index is 189. The minimum atomic E-state index is 0.458. The summed E-state index contributed by atoms with van der Waals surface area (Å²) in [5.74, 6) is 0.458. The van der Waals surface area contributed by atoms with E-state index in [2.05, 4.69) is 6.58 Å². The molecule has 1 nitrogen and oxygen atoms in total. The van der Waals surface area contributed by atoms with Gasteiger partial charge in [0.1, 0.15) is 0 Å². The zero-order valence-corrected chi connectivity index (χ0v) is 5.69. The van der Waals surface area contributed by atoms with Crippen molar-refractivity contribution in [2.75, 3.05) is 5.88 Å². The van der Waals surface area contributed by atoms with Crippen molar-refractivity contribution in [1.29, 1.82) is 0 Å². The van der Waals surface area contributed by atoms with Crippen LogP contribution in [-0.2, 0) is 0 Å². The second-order valence-electron chi connectivity index (χ2n) is 1.75. The van der Waals surface area contributed by atoms with Gasteiger partial charge in [0.15, 0.2) is 0 Å². The second-order valence-corrected chi connectivity index (χ2v) is 2.02. The van der Waals surface area contributed by atoms with E-state index in [4.69, 9.17) is 16.0 Å². The first-order valence-corrected chi connectivity index (χ1v) is 3.14. The lowest BCUT2D eigenvalue weighted by Crippen LogP contribution is -1.76. The van der Waals surface area contributed by atoms with Crippen molar-refractivity contribution in [2.45, 2.75) is 0 Å². The lowest BCUT2D eigenvalue weighted by Gasteiger charge is -1.91. The molecule has 0 aliphatic carbocycles. The van der Waals surface area contributed by atoms with Gasteiger partial charge in [-0.3, -0.25) is 0 Å². The molecule has 0 aromatic carbocycles. The third-order valence-corrected chi connectivity index (χ3v) is 1.41. The molecule has 0 fully saturated rings. The predicted molar refractivity (Wildman–Crippen MR) is 38.5 cm³/mol. The van der Waals surface area contributed by atoms with Crippen molar-refractivity contribution in [3.63, 3.8) is 0 Å². The fraction of sp³-hybridized carbons (Fsp3) is 0.143. The van der Waals surface area contributed by atoms with Crippen molar-refractivity contribution in [3.8, 4) is 0 Å². The summed E-state index contributed by atoms with van der Waals surface area (Å²) in [4.78, 5) is 0. The van der Waals surface area contributed by atoms with Crippen LogP contribution in [-0.4, -0.2) is 5.88 Å². The predicted octanol–water partition coefficient (Wildman–Crippen LogP) is 2.53. The van der Waals surface area contributed by atoms with E-state index in [1.807, 2.05) is 6.07 Å². The molecule has 0 N–H and O–H groups in total. The molecule has 0 unspecified atom stereocenters. The molecule has 0 bridgehead atoms. The van der Waals surface area contributed by atoms with Crippen LogP contribution in [0.2, 0.25) is 0 Å². The highest BCUT2D eigenvalue weighted by atomic mass is 35.5. The van der Waals surface area contributed by atoms with Crippen LogP contribution in [0.5, 0.6) is 0 Å². The van der Waals surface area contributed by atoms with Gasteiger partial charge >= 0.3 is 0 Å². The molecule has 0 saturated heterocycles. The highest BCUT2D eigenvalue weighted by Gasteiger charge is 1.95. The third kappa shape index (κ3) is 1.36. The Balaban J connectivity index is 2.77. The smallest absolute Gasteiger partial charge is 0.0977 e.